The normalized spacial score (nSPS) is 11.0. The van der Waals surface area contributed by atoms with E-state index in [1.807, 2.05) is 32.4 Å². The van der Waals surface area contributed by atoms with Crippen molar-refractivity contribution in [2.24, 2.45) is 12.0 Å². The van der Waals surface area contributed by atoms with Gasteiger partial charge in [0.1, 0.15) is 12.4 Å². The van der Waals surface area contributed by atoms with Gasteiger partial charge in [0.15, 0.2) is 5.96 Å². The van der Waals surface area contributed by atoms with E-state index in [9.17, 15) is 0 Å². The molecule has 27 heavy (non-hydrogen) atoms. The van der Waals surface area contributed by atoms with Crippen molar-refractivity contribution in [3.8, 4) is 5.75 Å². The van der Waals surface area contributed by atoms with Crippen molar-refractivity contribution in [1.29, 1.82) is 0 Å². The summed E-state index contributed by atoms with van der Waals surface area (Å²) < 4.78 is 12.7. The molecular formula is C19H30IN5O2. The topological polar surface area (TPSA) is 72.7 Å². The van der Waals surface area contributed by atoms with Crippen LogP contribution in [-0.4, -0.2) is 42.6 Å². The van der Waals surface area contributed by atoms with Gasteiger partial charge >= 0.3 is 0 Å². The van der Waals surface area contributed by atoms with Crippen molar-refractivity contribution < 1.29 is 9.47 Å². The molecule has 7 nitrogen and oxygen atoms in total. The van der Waals surface area contributed by atoms with Crippen molar-refractivity contribution in [2.45, 2.75) is 26.9 Å². The molecule has 150 valence electrons. The standard InChI is InChI=1S/C19H29N5O2.HI/c1-5-20-19(21-11-16-12-23-24(3)14-16)22-13-17-7-6-15(2)10-18(17)26-9-8-25-4;/h6-7,10,12,14H,5,8-9,11,13H2,1-4H3,(H2,20,21,22);1H. The van der Waals surface area contributed by atoms with Gasteiger partial charge in [-0.1, -0.05) is 12.1 Å². The molecule has 1 aromatic heterocycles. The highest BCUT2D eigenvalue weighted by atomic mass is 127. The highest BCUT2D eigenvalue weighted by Crippen LogP contribution is 2.20. The van der Waals surface area contributed by atoms with Crippen LogP contribution in [0.2, 0.25) is 0 Å². The van der Waals surface area contributed by atoms with E-state index in [1.54, 1.807) is 11.8 Å². The highest BCUT2D eigenvalue weighted by molar-refractivity contribution is 14.0. The zero-order valence-electron chi connectivity index (χ0n) is 16.5. The van der Waals surface area contributed by atoms with Crippen LogP contribution in [0.25, 0.3) is 0 Å². The minimum Gasteiger partial charge on any atom is -0.491 e. The van der Waals surface area contributed by atoms with Crippen LogP contribution in [0, 0.1) is 6.92 Å². The number of aromatic nitrogens is 2. The molecule has 2 rings (SSSR count). The average molecular weight is 487 g/mol. The van der Waals surface area contributed by atoms with Crippen LogP contribution in [-0.2, 0) is 24.9 Å². The van der Waals surface area contributed by atoms with Crippen LogP contribution in [0.1, 0.15) is 23.6 Å². The molecule has 0 aliphatic carbocycles. The van der Waals surface area contributed by atoms with Gasteiger partial charge in [-0.25, -0.2) is 4.99 Å². The van der Waals surface area contributed by atoms with E-state index >= 15 is 0 Å². The van der Waals surface area contributed by atoms with Gasteiger partial charge in [-0.3, -0.25) is 4.68 Å². The summed E-state index contributed by atoms with van der Waals surface area (Å²) in [5.74, 6) is 1.64. The van der Waals surface area contributed by atoms with E-state index in [1.165, 1.54) is 5.56 Å². The Balaban J connectivity index is 0.00000364. The lowest BCUT2D eigenvalue weighted by Gasteiger charge is -2.15. The molecule has 0 aliphatic heterocycles. The smallest absolute Gasteiger partial charge is 0.191 e. The number of aryl methyl sites for hydroxylation is 2. The average Bonchev–Trinajstić information content (AvgIpc) is 3.04. The lowest BCUT2D eigenvalue weighted by molar-refractivity contribution is 0.145. The summed E-state index contributed by atoms with van der Waals surface area (Å²) in [5, 5.41) is 10.8. The second kappa shape index (κ2) is 12.6. The molecule has 0 unspecified atom stereocenters. The van der Waals surface area contributed by atoms with E-state index in [-0.39, 0.29) is 24.0 Å². The Morgan fingerprint density at radius 3 is 2.74 bits per heavy atom. The number of guanidine groups is 1. The number of methoxy groups -OCH3 is 1. The molecule has 0 bridgehead atoms. The van der Waals surface area contributed by atoms with Gasteiger partial charge in [0.2, 0.25) is 0 Å². The number of hydrogen-bond donors (Lipinski definition) is 2. The monoisotopic (exact) mass is 487 g/mol. The van der Waals surface area contributed by atoms with Gasteiger partial charge in [-0.05, 0) is 25.5 Å². The van der Waals surface area contributed by atoms with Gasteiger partial charge < -0.3 is 20.1 Å². The summed E-state index contributed by atoms with van der Waals surface area (Å²) in [6.45, 7) is 7.20. The summed E-state index contributed by atoms with van der Waals surface area (Å²) in [4.78, 5) is 4.62. The number of aliphatic imine (C=N–C) groups is 1. The lowest BCUT2D eigenvalue weighted by atomic mass is 10.1. The van der Waals surface area contributed by atoms with E-state index in [0.717, 1.165) is 29.4 Å². The van der Waals surface area contributed by atoms with Gasteiger partial charge in [-0.2, -0.15) is 5.10 Å². The van der Waals surface area contributed by atoms with Crippen molar-refractivity contribution in [1.82, 2.24) is 20.4 Å². The minimum absolute atomic E-state index is 0. The Kier molecular flexibility index (Phi) is 10.8. The third kappa shape index (κ3) is 8.17. The molecule has 0 spiro atoms. The van der Waals surface area contributed by atoms with E-state index < -0.39 is 0 Å². The maximum atomic E-state index is 5.85. The number of ether oxygens (including phenoxy) is 2. The lowest BCUT2D eigenvalue weighted by Crippen LogP contribution is -2.36. The van der Waals surface area contributed by atoms with E-state index in [0.29, 0.717) is 26.3 Å². The Hall–Kier alpha value is -1.81. The highest BCUT2D eigenvalue weighted by Gasteiger charge is 2.06. The van der Waals surface area contributed by atoms with Crippen molar-refractivity contribution in [3.05, 3.63) is 47.3 Å². The third-order valence-corrected chi connectivity index (χ3v) is 3.74. The van der Waals surface area contributed by atoms with Crippen LogP contribution in [0.3, 0.4) is 0 Å². The first-order valence-electron chi connectivity index (χ1n) is 8.83. The first kappa shape index (κ1) is 23.2. The Labute approximate surface area is 178 Å². The molecular weight excluding hydrogens is 457 g/mol. The molecule has 0 saturated carbocycles. The predicted octanol–water partition coefficient (Wildman–Crippen LogP) is 2.63. The predicted molar refractivity (Wildman–Crippen MR) is 119 cm³/mol. The largest absolute Gasteiger partial charge is 0.491 e. The summed E-state index contributed by atoms with van der Waals surface area (Å²) >= 11 is 0. The fraction of sp³-hybridized carbons (Fsp3) is 0.474. The summed E-state index contributed by atoms with van der Waals surface area (Å²) in [6.07, 6.45) is 3.80. The molecule has 0 atom stereocenters. The first-order valence-corrected chi connectivity index (χ1v) is 8.83. The maximum Gasteiger partial charge on any atom is 0.191 e. The molecule has 2 aromatic rings. The maximum absolute atomic E-state index is 5.85. The quantitative estimate of drug-likeness (QED) is 0.246. The first-order chi connectivity index (χ1) is 12.6. The Morgan fingerprint density at radius 2 is 2.07 bits per heavy atom. The number of nitrogens with one attached hydrogen (secondary N) is 2. The molecule has 0 amide bonds. The number of benzene rings is 1. The molecule has 0 saturated heterocycles. The SMILES string of the molecule is CCNC(=NCc1cnn(C)c1)NCc1ccc(C)cc1OCCOC.I. The number of halogens is 1. The zero-order chi connectivity index (χ0) is 18.8. The third-order valence-electron chi connectivity index (χ3n) is 3.74. The second-order valence-corrected chi connectivity index (χ2v) is 6.02. The van der Waals surface area contributed by atoms with Gasteiger partial charge in [0.25, 0.3) is 0 Å². The Bertz CT molecular complexity index is 718. The number of rotatable bonds is 9. The fourth-order valence-corrected chi connectivity index (χ4v) is 2.42. The van der Waals surface area contributed by atoms with Crippen LogP contribution in [0.5, 0.6) is 5.75 Å². The van der Waals surface area contributed by atoms with Crippen LogP contribution in [0.4, 0.5) is 0 Å². The second-order valence-electron chi connectivity index (χ2n) is 6.02. The van der Waals surface area contributed by atoms with Crippen LogP contribution in [0.15, 0.2) is 35.6 Å². The zero-order valence-corrected chi connectivity index (χ0v) is 18.8. The molecule has 1 aromatic carbocycles. The van der Waals surface area contributed by atoms with Gasteiger partial charge in [0, 0.05) is 44.6 Å². The molecule has 8 heteroatoms. The molecule has 0 radical (unpaired) electrons. The van der Waals surface area contributed by atoms with Gasteiger partial charge in [-0.15, -0.1) is 24.0 Å². The molecule has 1 heterocycles. The molecule has 0 aliphatic rings. The van der Waals surface area contributed by atoms with Crippen molar-refractivity contribution in [3.63, 3.8) is 0 Å². The molecule has 0 fully saturated rings. The van der Waals surface area contributed by atoms with Crippen molar-refractivity contribution in [2.75, 3.05) is 26.9 Å². The summed E-state index contributed by atoms with van der Waals surface area (Å²) in [6, 6.07) is 6.21. The van der Waals surface area contributed by atoms with Crippen LogP contribution < -0.4 is 15.4 Å². The fourth-order valence-electron chi connectivity index (χ4n) is 2.42. The van der Waals surface area contributed by atoms with E-state index in [4.69, 9.17) is 9.47 Å². The number of hydrogen-bond acceptors (Lipinski definition) is 4. The summed E-state index contributed by atoms with van der Waals surface area (Å²) in [7, 11) is 3.57. The molecule has 2 N–H and O–H groups in total. The van der Waals surface area contributed by atoms with Crippen molar-refractivity contribution >= 4 is 29.9 Å². The number of nitrogens with zero attached hydrogens (tertiary/aromatic N) is 3. The Morgan fingerprint density at radius 1 is 1.26 bits per heavy atom. The minimum atomic E-state index is 0. The van der Waals surface area contributed by atoms with Gasteiger partial charge in [0.05, 0.1) is 19.3 Å². The van der Waals surface area contributed by atoms with E-state index in [2.05, 4.69) is 39.8 Å². The summed E-state index contributed by atoms with van der Waals surface area (Å²) in [5.41, 5.74) is 3.32. The van der Waals surface area contributed by atoms with Crippen LogP contribution >= 0.6 is 24.0 Å².